The first kappa shape index (κ1) is 46.2. The van der Waals surface area contributed by atoms with Gasteiger partial charge in [-0.05, 0) is 125 Å². The molecule has 0 aliphatic rings. The van der Waals surface area contributed by atoms with Crippen molar-refractivity contribution in [3.05, 3.63) is 64.5 Å². The Morgan fingerprint density at radius 2 is 1.36 bits per heavy atom. The topological polar surface area (TPSA) is 158 Å². The zero-order chi connectivity index (χ0) is 44.5. The van der Waals surface area contributed by atoms with Crippen LogP contribution in [0.4, 0.5) is 33.4 Å². The fourth-order valence-electron chi connectivity index (χ4n) is 5.96. The molecule has 0 saturated carbocycles. The molecule has 0 N–H and O–H groups in total. The van der Waals surface area contributed by atoms with E-state index < -0.39 is 58.5 Å². The lowest BCUT2D eigenvalue weighted by atomic mass is 9.96. The molecule has 4 aromatic rings. The van der Waals surface area contributed by atoms with E-state index in [4.69, 9.17) is 38.4 Å². The minimum Gasteiger partial charge on any atom is -0.465 e. The van der Waals surface area contributed by atoms with Gasteiger partial charge in [-0.25, -0.2) is 29.1 Å². The van der Waals surface area contributed by atoms with E-state index in [1.165, 1.54) is 6.07 Å². The van der Waals surface area contributed by atoms with Crippen LogP contribution in [0.2, 0.25) is 0 Å². The first-order chi connectivity index (χ1) is 27.0. The number of fused-ring (bicyclic) bond motifs is 3. The standard InChI is InChI=1S/C42H53F3N4O10/c1-14-55-22-30-47-31-32(48(30)23-41(11,12)59-37(53)58-40(8,9)10)27-17-15-24(19-26-21-25(34(50)54-13)16-18-28(26)42(43,44)45)20-29(27)46-33(31)49(35(51)56-38(2,3)4)36(52)57-39(5,6)7/h15-18,20-21H,14,19,22-23H2,1-13H3. The van der Waals surface area contributed by atoms with E-state index in [9.17, 15) is 32.3 Å². The molecule has 0 spiro atoms. The van der Waals surface area contributed by atoms with Crippen LogP contribution in [0, 0.1) is 0 Å². The summed E-state index contributed by atoms with van der Waals surface area (Å²) in [4.78, 5) is 63.5. The summed E-state index contributed by atoms with van der Waals surface area (Å²) in [5, 5.41) is 0.406. The normalized spacial score (nSPS) is 12.7. The van der Waals surface area contributed by atoms with Crippen LogP contribution in [0.5, 0.6) is 0 Å². The Morgan fingerprint density at radius 1 is 0.763 bits per heavy atom. The number of carbonyl (C=O) groups is 4. The lowest BCUT2D eigenvalue weighted by molar-refractivity contribution is -0.138. The SMILES string of the molecule is CCOCc1nc2c(N(C(=O)OC(C)(C)C)C(=O)OC(C)(C)C)nc3cc(Cc4cc(C(=O)OC)ccc4C(F)(F)F)ccc3c2n1CC(C)(C)OC(=O)OC(C)(C)C. The quantitative estimate of drug-likeness (QED) is 0.110. The second-order valence-corrected chi connectivity index (χ2v) is 17.4. The van der Waals surface area contributed by atoms with Crippen molar-refractivity contribution >= 4 is 52.1 Å². The van der Waals surface area contributed by atoms with Crippen molar-refractivity contribution in [2.24, 2.45) is 0 Å². The molecule has 322 valence electrons. The van der Waals surface area contributed by atoms with Crippen molar-refractivity contribution < 1.29 is 60.8 Å². The maximum absolute atomic E-state index is 14.3. The smallest absolute Gasteiger partial charge is 0.465 e. The number of anilines is 1. The summed E-state index contributed by atoms with van der Waals surface area (Å²) in [6, 6.07) is 7.71. The van der Waals surface area contributed by atoms with Gasteiger partial charge in [0, 0.05) is 12.0 Å². The first-order valence-corrected chi connectivity index (χ1v) is 18.9. The van der Waals surface area contributed by atoms with Crippen molar-refractivity contribution in [2.45, 2.75) is 131 Å². The fraction of sp³-hybridized carbons (Fsp3) is 0.524. The van der Waals surface area contributed by atoms with Crippen LogP contribution in [0.25, 0.3) is 21.9 Å². The summed E-state index contributed by atoms with van der Waals surface area (Å²) in [5.41, 5.74) is -4.72. The van der Waals surface area contributed by atoms with E-state index >= 15 is 0 Å². The Kier molecular flexibility index (Phi) is 13.3. The van der Waals surface area contributed by atoms with Gasteiger partial charge in [-0.2, -0.15) is 18.1 Å². The van der Waals surface area contributed by atoms with Crippen LogP contribution < -0.4 is 4.90 Å². The Balaban J connectivity index is 2.09. The lowest BCUT2D eigenvalue weighted by Gasteiger charge is -2.29. The number of rotatable bonds is 10. The van der Waals surface area contributed by atoms with Crippen LogP contribution in [-0.4, -0.2) is 75.0 Å². The van der Waals surface area contributed by atoms with Crippen molar-refractivity contribution in [2.75, 3.05) is 18.6 Å². The Morgan fingerprint density at radius 3 is 1.88 bits per heavy atom. The number of aromatic nitrogens is 3. The molecule has 4 rings (SSSR count). The molecule has 0 radical (unpaired) electrons. The highest BCUT2D eigenvalue weighted by atomic mass is 19.4. The molecule has 0 fully saturated rings. The van der Waals surface area contributed by atoms with Gasteiger partial charge in [-0.1, -0.05) is 12.1 Å². The zero-order valence-electron chi connectivity index (χ0n) is 35.8. The predicted octanol–water partition coefficient (Wildman–Crippen LogP) is 9.92. The third-order valence-corrected chi connectivity index (χ3v) is 8.12. The number of nitrogens with zero attached hydrogens (tertiary/aromatic N) is 4. The number of imide groups is 1. The van der Waals surface area contributed by atoms with Gasteiger partial charge in [-0.3, -0.25) is 0 Å². The molecular formula is C42H53F3N4O10. The second kappa shape index (κ2) is 17.0. The highest BCUT2D eigenvalue weighted by Crippen LogP contribution is 2.38. The molecule has 2 amide bonds. The molecular weight excluding hydrogens is 777 g/mol. The van der Waals surface area contributed by atoms with Gasteiger partial charge in [0.25, 0.3) is 0 Å². The summed E-state index contributed by atoms with van der Waals surface area (Å²) < 4.78 is 77.6. The number of hydrogen-bond donors (Lipinski definition) is 0. The number of carbonyl (C=O) groups excluding carboxylic acids is 4. The van der Waals surface area contributed by atoms with Crippen LogP contribution in [-0.2, 0) is 54.2 Å². The van der Waals surface area contributed by atoms with Gasteiger partial charge < -0.3 is 33.0 Å². The summed E-state index contributed by atoms with van der Waals surface area (Å²) in [6.45, 7) is 20.0. The van der Waals surface area contributed by atoms with Gasteiger partial charge in [0.05, 0.1) is 35.8 Å². The molecule has 0 unspecified atom stereocenters. The van der Waals surface area contributed by atoms with Gasteiger partial charge in [0.1, 0.15) is 40.4 Å². The Labute approximate surface area is 341 Å². The van der Waals surface area contributed by atoms with Crippen LogP contribution in [0.15, 0.2) is 36.4 Å². The number of hydrogen-bond acceptors (Lipinski definition) is 12. The van der Waals surface area contributed by atoms with Crippen LogP contribution >= 0.6 is 0 Å². The van der Waals surface area contributed by atoms with E-state index in [1.807, 2.05) is 0 Å². The third kappa shape index (κ3) is 12.1. The maximum atomic E-state index is 14.3. The second-order valence-electron chi connectivity index (χ2n) is 17.4. The number of benzene rings is 2. The fourth-order valence-corrected chi connectivity index (χ4v) is 5.96. The monoisotopic (exact) mass is 830 g/mol. The van der Waals surface area contributed by atoms with Crippen LogP contribution in [0.3, 0.4) is 0 Å². The average Bonchev–Trinajstić information content (AvgIpc) is 3.40. The number of amides is 2. The summed E-state index contributed by atoms with van der Waals surface area (Å²) in [5.74, 6) is -0.824. The number of ether oxygens (including phenoxy) is 6. The third-order valence-electron chi connectivity index (χ3n) is 8.12. The molecule has 59 heavy (non-hydrogen) atoms. The van der Waals surface area contributed by atoms with Gasteiger partial charge in [-0.15, -0.1) is 0 Å². The maximum Gasteiger partial charge on any atom is 0.509 e. The molecule has 2 heterocycles. The van der Waals surface area contributed by atoms with Crippen molar-refractivity contribution in [3.63, 3.8) is 0 Å². The molecule has 2 aromatic carbocycles. The van der Waals surface area contributed by atoms with Crippen molar-refractivity contribution in [1.82, 2.24) is 14.5 Å². The zero-order valence-corrected chi connectivity index (χ0v) is 35.8. The first-order valence-electron chi connectivity index (χ1n) is 18.9. The number of esters is 1. The van der Waals surface area contributed by atoms with Gasteiger partial charge in [0.15, 0.2) is 5.82 Å². The molecule has 0 saturated heterocycles. The van der Waals surface area contributed by atoms with E-state index in [0.29, 0.717) is 27.2 Å². The van der Waals surface area contributed by atoms with Crippen molar-refractivity contribution in [3.8, 4) is 0 Å². The number of alkyl halides is 3. The number of imidazole rings is 1. The number of methoxy groups -OCH3 is 1. The highest BCUT2D eigenvalue weighted by molar-refractivity contribution is 6.17. The average molecular weight is 831 g/mol. The molecule has 2 aromatic heterocycles. The van der Waals surface area contributed by atoms with E-state index in [1.54, 1.807) is 99.8 Å². The number of halogens is 3. The summed E-state index contributed by atoms with van der Waals surface area (Å²) in [6.07, 6.45) is -8.26. The van der Waals surface area contributed by atoms with E-state index in [-0.39, 0.29) is 54.2 Å². The lowest BCUT2D eigenvalue weighted by Crippen LogP contribution is -2.44. The Hall–Kier alpha value is -5.45. The van der Waals surface area contributed by atoms with Crippen molar-refractivity contribution in [1.29, 1.82) is 0 Å². The van der Waals surface area contributed by atoms with Gasteiger partial charge >= 0.3 is 30.5 Å². The summed E-state index contributed by atoms with van der Waals surface area (Å²) in [7, 11) is 1.13. The molecule has 14 nitrogen and oxygen atoms in total. The largest absolute Gasteiger partial charge is 0.509 e. The molecule has 0 aliphatic carbocycles. The molecule has 17 heteroatoms. The molecule has 0 atom stereocenters. The minimum atomic E-state index is -4.75. The molecule has 0 aliphatic heterocycles. The van der Waals surface area contributed by atoms with E-state index in [2.05, 4.69) is 0 Å². The predicted molar refractivity (Wildman–Crippen MR) is 212 cm³/mol. The van der Waals surface area contributed by atoms with E-state index in [0.717, 1.165) is 25.3 Å². The van der Waals surface area contributed by atoms with Crippen LogP contribution in [0.1, 0.15) is 116 Å². The minimum absolute atomic E-state index is 0.0369. The number of pyridine rings is 1. The highest BCUT2D eigenvalue weighted by Gasteiger charge is 2.38. The summed E-state index contributed by atoms with van der Waals surface area (Å²) >= 11 is 0. The molecule has 0 bridgehead atoms. The van der Waals surface area contributed by atoms with Gasteiger partial charge in [0.2, 0.25) is 0 Å². The Bertz CT molecular complexity index is 2200.